The maximum absolute atomic E-state index is 10.8. The zero-order valence-corrected chi connectivity index (χ0v) is 16.8. The molecule has 1 saturated heterocycles. The second kappa shape index (κ2) is 9.76. The van der Waals surface area contributed by atoms with Crippen molar-refractivity contribution in [2.75, 3.05) is 19.7 Å². The van der Waals surface area contributed by atoms with Gasteiger partial charge in [0.1, 0.15) is 5.75 Å². The number of hydrogen-bond donors (Lipinski definition) is 2. The van der Waals surface area contributed by atoms with Gasteiger partial charge in [-0.1, -0.05) is 35.9 Å². The van der Waals surface area contributed by atoms with Crippen molar-refractivity contribution >= 4 is 23.5 Å². The van der Waals surface area contributed by atoms with E-state index >= 15 is 0 Å². The lowest BCUT2D eigenvalue weighted by Gasteiger charge is -2.19. The van der Waals surface area contributed by atoms with Crippen molar-refractivity contribution in [3.05, 3.63) is 64.2 Å². The Bertz CT molecular complexity index is 868. The lowest BCUT2D eigenvalue weighted by molar-refractivity contribution is -0.139. The molecule has 0 saturated carbocycles. The van der Waals surface area contributed by atoms with Gasteiger partial charge >= 0.3 is 11.9 Å². The van der Waals surface area contributed by atoms with E-state index in [0.717, 1.165) is 37.1 Å². The van der Waals surface area contributed by atoms with E-state index in [4.69, 9.17) is 26.6 Å². The normalized spacial score (nSPS) is 16.7. The molecule has 1 aliphatic heterocycles. The molecule has 0 radical (unpaired) electrons. The molecule has 0 amide bonds. The van der Waals surface area contributed by atoms with Crippen molar-refractivity contribution < 1.29 is 24.5 Å². The molecular weight excluding hydrogens is 394 g/mol. The fraction of sp³-hybridized carbons (Fsp3) is 0.364. The lowest BCUT2D eigenvalue weighted by atomic mass is 9.97. The van der Waals surface area contributed by atoms with E-state index in [0.29, 0.717) is 23.2 Å². The summed E-state index contributed by atoms with van der Waals surface area (Å²) in [5, 5.41) is 18.3. The topological polar surface area (TPSA) is 87.1 Å². The molecule has 1 fully saturated rings. The Kier molecular flexibility index (Phi) is 7.12. The first-order valence-electron chi connectivity index (χ1n) is 9.54. The van der Waals surface area contributed by atoms with Crippen LogP contribution in [0.2, 0.25) is 5.02 Å². The van der Waals surface area contributed by atoms with Gasteiger partial charge in [-0.2, -0.15) is 0 Å². The highest BCUT2D eigenvalue weighted by Gasteiger charge is 2.24. The van der Waals surface area contributed by atoms with Crippen LogP contribution in [-0.2, 0) is 29.0 Å². The highest BCUT2D eigenvalue weighted by molar-refractivity contribution is 6.30. The summed E-state index contributed by atoms with van der Waals surface area (Å²) in [6, 6.07) is 13.0. The Morgan fingerprint density at radius 2 is 1.79 bits per heavy atom. The molecule has 29 heavy (non-hydrogen) atoms. The highest BCUT2D eigenvalue weighted by Crippen LogP contribution is 2.28. The molecule has 7 heteroatoms. The quantitative estimate of drug-likeness (QED) is 0.649. The zero-order chi connectivity index (χ0) is 20.8. The van der Waals surface area contributed by atoms with Crippen LogP contribution < -0.4 is 4.74 Å². The molecule has 154 valence electrons. The predicted octanol–water partition coefficient (Wildman–Crippen LogP) is 3.50. The fourth-order valence-electron chi connectivity index (χ4n) is 3.72. The van der Waals surface area contributed by atoms with Crippen LogP contribution in [0.15, 0.2) is 42.5 Å². The Morgan fingerprint density at radius 3 is 2.48 bits per heavy atom. The van der Waals surface area contributed by atoms with Crippen molar-refractivity contribution in [1.82, 2.24) is 4.90 Å². The van der Waals surface area contributed by atoms with Gasteiger partial charge < -0.3 is 14.9 Å². The Balaban J connectivity index is 1.56. The van der Waals surface area contributed by atoms with E-state index in [1.54, 1.807) is 12.1 Å². The summed E-state index contributed by atoms with van der Waals surface area (Å²) >= 11 is 6.12. The van der Waals surface area contributed by atoms with Crippen molar-refractivity contribution in [2.24, 2.45) is 5.92 Å². The third-order valence-electron chi connectivity index (χ3n) is 5.04. The fourth-order valence-corrected chi connectivity index (χ4v) is 3.91. The van der Waals surface area contributed by atoms with Gasteiger partial charge in [0, 0.05) is 23.7 Å². The minimum Gasteiger partial charge on any atom is -0.482 e. The number of carboxylic acids is 2. The molecule has 1 unspecified atom stereocenters. The van der Waals surface area contributed by atoms with Crippen LogP contribution in [0.3, 0.4) is 0 Å². The molecule has 2 aromatic rings. The second-order valence-corrected chi connectivity index (χ2v) is 7.85. The van der Waals surface area contributed by atoms with Gasteiger partial charge in [0.15, 0.2) is 6.61 Å². The first kappa shape index (κ1) is 21.1. The smallest absolute Gasteiger partial charge is 0.341 e. The minimum atomic E-state index is -1.01. The summed E-state index contributed by atoms with van der Waals surface area (Å²) in [4.78, 5) is 23.9. The number of rotatable bonds is 9. The molecule has 2 N–H and O–H groups in total. The Labute approximate surface area is 174 Å². The number of halogens is 1. The van der Waals surface area contributed by atoms with E-state index in [1.807, 2.05) is 30.3 Å². The number of benzene rings is 2. The molecule has 1 aliphatic rings. The number of nitrogens with zero attached hydrogens (tertiary/aromatic N) is 1. The maximum atomic E-state index is 10.8. The number of carboxylic acid groups (broad SMARTS) is 2. The van der Waals surface area contributed by atoms with E-state index in [9.17, 15) is 9.59 Å². The molecule has 1 atom stereocenters. The van der Waals surface area contributed by atoms with Gasteiger partial charge in [0.25, 0.3) is 0 Å². The van der Waals surface area contributed by atoms with Gasteiger partial charge in [-0.15, -0.1) is 0 Å². The summed E-state index contributed by atoms with van der Waals surface area (Å²) in [5.74, 6) is -0.768. The number of ether oxygens (including phenoxy) is 1. The predicted molar refractivity (Wildman–Crippen MR) is 109 cm³/mol. The van der Waals surface area contributed by atoms with Crippen molar-refractivity contribution in [1.29, 1.82) is 0 Å². The molecule has 0 aromatic heterocycles. The molecule has 3 rings (SSSR count). The molecule has 2 aromatic carbocycles. The van der Waals surface area contributed by atoms with E-state index in [-0.39, 0.29) is 13.0 Å². The van der Waals surface area contributed by atoms with E-state index in [1.165, 1.54) is 5.56 Å². The molecule has 6 nitrogen and oxygen atoms in total. The second-order valence-electron chi connectivity index (χ2n) is 7.42. The first-order valence-corrected chi connectivity index (χ1v) is 9.92. The zero-order valence-electron chi connectivity index (χ0n) is 16.0. The van der Waals surface area contributed by atoms with Crippen LogP contribution in [0.4, 0.5) is 0 Å². The molecule has 1 heterocycles. The molecule has 0 aliphatic carbocycles. The van der Waals surface area contributed by atoms with Crippen LogP contribution in [0, 0.1) is 5.92 Å². The summed E-state index contributed by atoms with van der Waals surface area (Å²) in [6.45, 7) is 2.16. The van der Waals surface area contributed by atoms with Gasteiger partial charge in [0.05, 0.1) is 6.42 Å². The third-order valence-corrected chi connectivity index (χ3v) is 5.28. The molecule has 0 bridgehead atoms. The van der Waals surface area contributed by atoms with Gasteiger partial charge in [-0.05, 0) is 54.6 Å². The van der Waals surface area contributed by atoms with Crippen LogP contribution in [-0.4, -0.2) is 46.7 Å². The van der Waals surface area contributed by atoms with Gasteiger partial charge in [-0.25, -0.2) is 4.79 Å². The minimum absolute atomic E-state index is 0.0450. The average molecular weight is 418 g/mol. The van der Waals surface area contributed by atoms with Crippen LogP contribution in [0.1, 0.15) is 23.1 Å². The number of carbonyl (C=O) groups is 2. The number of likely N-dealkylation sites (tertiary alicyclic amines) is 1. The maximum Gasteiger partial charge on any atom is 0.341 e. The Hall–Kier alpha value is -2.57. The van der Waals surface area contributed by atoms with Crippen molar-refractivity contribution in [2.45, 2.75) is 25.8 Å². The summed E-state index contributed by atoms with van der Waals surface area (Å²) in [7, 11) is 0. The average Bonchev–Trinajstić information content (AvgIpc) is 3.09. The van der Waals surface area contributed by atoms with Crippen molar-refractivity contribution in [3.63, 3.8) is 0 Å². The SMILES string of the molecule is O=C(O)COc1ccc(Cl)cc1CN1CCC(Cc2ccc(CC(=O)O)cc2)C1. The lowest BCUT2D eigenvalue weighted by Crippen LogP contribution is -2.21. The Morgan fingerprint density at radius 1 is 1.07 bits per heavy atom. The van der Waals surface area contributed by atoms with E-state index < -0.39 is 11.9 Å². The van der Waals surface area contributed by atoms with Gasteiger partial charge in [0.2, 0.25) is 0 Å². The standard InChI is InChI=1S/C22H24ClNO5/c23-19-5-6-20(29-14-22(27)28)18(11-19)13-24-8-7-17(12-24)9-15-1-3-16(4-2-15)10-21(25)26/h1-6,11,17H,7-10,12-14H2,(H,25,26)(H,27,28). The summed E-state index contributed by atoms with van der Waals surface area (Å²) in [5.41, 5.74) is 2.90. The largest absolute Gasteiger partial charge is 0.482 e. The van der Waals surface area contributed by atoms with E-state index in [2.05, 4.69) is 4.90 Å². The third kappa shape index (κ3) is 6.48. The van der Waals surface area contributed by atoms with Crippen LogP contribution >= 0.6 is 11.6 Å². The highest BCUT2D eigenvalue weighted by atomic mass is 35.5. The van der Waals surface area contributed by atoms with Crippen LogP contribution in [0.25, 0.3) is 0 Å². The van der Waals surface area contributed by atoms with Crippen LogP contribution in [0.5, 0.6) is 5.75 Å². The molecular formula is C22H24ClNO5. The monoisotopic (exact) mass is 417 g/mol. The number of aliphatic carboxylic acids is 2. The first-order chi connectivity index (χ1) is 13.9. The molecule has 0 spiro atoms. The van der Waals surface area contributed by atoms with Crippen molar-refractivity contribution in [3.8, 4) is 5.75 Å². The summed E-state index contributed by atoms with van der Waals surface area (Å²) < 4.78 is 5.40. The summed E-state index contributed by atoms with van der Waals surface area (Å²) in [6.07, 6.45) is 2.06. The van der Waals surface area contributed by atoms with Gasteiger partial charge in [-0.3, -0.25) is 9.69 Å². The number of hydrogen-bond acceptors (Lipinski definition) is 4.